The van der Waals surface area contributed by atoms with E-state index in [1.165, 1.54) is 16.3 Å². The summed E-state index contributed by atoms with van der Waals surface area (Å²) in [6.07, 6.45) is 0. The summed E-state index contributed by atoms with van der Waals surface area (Å²) in [7, 11) is 0. The third kappa shape index (κ3) is 3.40. The molecule has 4 nitrogen and oxygen atoms in total. The van der Waals surface area contributed by atoms with Gasteiger partial charge in [-0.25, -0.2) is 0 Å². The van der Waals surface area contributed by atoms with E-state index < -0.39 is 0 Å². The fraction of sp³-hybridized carbons (Fsp3) is 0. The lowest BCUT2D eigenvalue weighted by Gasteiger charge is -2.12. The van der Waals surface area contributed by atoms with Crippen LogP contribution in [0.4, 0.5) is 0 Å². The van der Waals surface area contributed by atoms with E-state index in [2.05, 4.69) is 124 Å². The van der Waals surface area contributed by atoms with Gasteiger partial charge in [-0.2, -0.15) is 10.5 Å². The van der Waals surface area contributed by atoms with Crippen molar-refractivity contribution in [1.29, 1.82) is 10.5 Å². The highest BCUT2D eigenvalue weighted by atomic mass is 15.0. The fourth-order valence-electron chi connectivity index (χ4n) is 6.38. The molecule has 0 aliphatic carbocycles. The predicted molar refractivity (Wildman–Crippen MR) is 170 cm³/mol. The molecule has 4 heteroatoms. The van der Waals surface area contributed by atoms with E-state index >= 15 is 0 Å². The summed E-state index contributed by atoms with van der Waals surface area (Å²) < 4.78 is 4.53. The average Bonchev–Trinajstić information content (AvgIpc) is 3.58. The average molecular weight is 535 g/mol. The van der Waals surface area contributed by atoms with Crippen molar-refractivity contribution in [2.24, 2.45) is 0 Å². The van der Waals surface area contributed by atoms with Crippen LogP contribution in [-0.2, 0) is 0 Å². The Morgan fingerprint density at radius 2 is 1.19 bits per heavy atom. The van der Waals surface area contributed by atoms with Crippen molar-refractivity contribution in [3.05, 3.63) is 145 Å². The summed E-state index contributed by atoms with van der Waals surface area (Å²) in [4.78, 5) is 0. The number of fused-ring (bicyclic) bond motifs is 7. The van der Waals surface area contributed by atoms with Crippen LogP contribution in [0.1, 0.15) is 11.1 Å². The normalized spacial score (nSPS) is 11.3. The van der Waals surface area contributed by atoms with Gasteiger partial charge in [0.05, 0.1) is 45.0 Å². The number of benzene rings is 6. The van der Waals surface area contributed by atoms with Gasteiger partial charge in [0.15, 0.2) is 0 Å². The van der Waals surface area contributed by atoms with Crippen LogP contribution in [0.25, 0.3) is 66.1 Å². The predicted octanol–water partition coefficient (Wildman–Crippen LogP) is 9.29. The van der Waals surface area contributed by atoms with Gasteiger partial charge in [0.2, 0.25) is 0 Å². The molecule has 0 spiro atoms. The van der Waals surface area contributed by atoms with Gasteiger partial charge in [-0.15, -0.1) is 0 Å². The summed E-state index contributed by atoms with van der Waals surface area (Å²) >= 11 is 0. The second-order valence-corrected chi connectivity index (χ2v) is 10.4. The molecule has 0 aliphatic rings. The molecule has 0 aliphatic heterocycles. The lowest BCUT2D eigenvalue weighted by Crippen LogP contribution is -1.98. The Hall–Kier alpha value is -6.10. The highest BCUT2D eigenvalue weighted by Crippen LogP contribution is 2.42. The minimum absolute atomic E-state index is 0.466. The van der Waals surface area contributed by atoms with E-state index in [1.54, 1.807) is 12.1 Å². The first-order chi connectivity index (χ1) is 20.8. The van der Waals surface area contributed by atoms with Gasteiger partial charge in [0.1, 0.15) is 6.07 Å². The molecule has 6 aromatic carbocycles. The third-order valence-corrected chi connectivity index (χ3v) is 8.17. The first kappa shape index (κ1) is 23.8. The zero-order chi connectivity index (χ0) is 28.2. The van der Waals surface area contributed by atoms with Gasteiger partial charge in [-0.1, -0.05) is 84.9 Å². The van der Waals surface area contributed by atoms with Crippen molar-refractivity contribution < 1.29 is 0 Å². The van der Waals surface area contributed by atoms with Gasteiger partial charge in [0, 0.05) is 27.2 Å². The third-order valence-electron chi connectivity index (χ3n) is 8.17. The molecule has 0 fully saturated rings. The fourth-order valence-corrected chi connectivity index (χ4v) is 6.38. The molecular formula is C38H22N4. The molecule has 42 heavy (non-hydrogen) atoms. The first-order valence-corrected chi connectivity index (χ1v) is 13.8. The van der Waals surface area contributed by atoms with Crippen LogP contribution in [0.5, 0.6) is 0 Å². The largest absolute Gasteiger partial charge is 0.309 e. The molecule has 2 heterocycles. The van der Waals surface area contributed by atoms with Gasteiger partial charge < -0.3 is 9.13 Å². The summed E-state index contributed by atoms with van der Waals surface area (Å²) in [5, 5.41) is 24.1. The van der Waals surface area contributed by atoms with E-state index in [0.717, 1.165) is 49.8 Å². The summed E-state index contributed by atoms with van der Waals surface area (Å²) in [5.74, 6) is 0. The Bertz CT molecular complexity index is 2430. The van der Waals surface area contributed by atoms with Gasteiger partial charge in [-0.05, 0) is 59.7 Å². The summed E-state index contributed by atoms with van der Waals surface area (Å²) in [5.41, 5.74) is 9.39. The van der Waals surface area contributed by atoms with Crippen molar-refractivity contribution in [2.45, 2.75) is 0 Å². The minimum atomic E-state index is 0.466. The lowest BCUT2D eigenvalue weighted by molar-refractivity contribution is 1.16. The molecule has 0 saturated carbocycles. The van der Waals surface area contributed by atoms with E-state index in [0.29, 0.717) is 11.1 Å². The van der Waals surface area contributed by atoms with Crippen molar-refractivity contribution in [1.82, 2.24) is 9.13 Å². The lowest BCUT2D eigenvalue weighted by atomic mass is 10.0. The van der Waals surface area contributed by atoms with Crippen molar-refractivity contribution in [3.8, 4) is 34.6 Å². The number of rotatable bonds is 3. The highest BCUT2D eigenvalue weighted by molar-refractivity contribution is 6.26. The maximum Gasteiger partial charge on any atom is 0.101 e. The second kappa shape index (κ2) is 9.24. The molecule has 194 valence electrons. The number of hydrogen-bond acceptors (Lipinski definition) is 2. The number of aromatic nitrogens is 2. The van der Waals surface area contributed by atoms with Gasteiger partial charge >= 0.3 is 0 Å². The van der Waals surface area contributed by atoms with E-state index in [1.807, 2.05) is 18.2 Å². The number of para-hydroxylation sites is 2. The highest BCUT2D eigenvalue weighted by Gasteiger charge is 2.21. The quantitative estimate of drug-likeness (QED) is 0.227. The van der Waals surface area contributed by atoms with E-state index in [9.17, 15) is 10.5 Å². The number of nitriles is 2. The molecule has 2 aromatic heterocycles. The van der Waals surface area contributed by atoms with E-state index in [-0.39, 0.29) is 0 Å². The van der Waals surface area contributed by atoms with Crippen LogP contribution in [0.15, 0.2) is 133 Å². The Kier molecular flexibility index (Phi) is 5.22. The summed E-state index contributed by atoms with van der Waals surface area (Å²) in [6.45, 7) is 0. The number of nitrogens with zero attached hydrogens (tertiary/aromatic N) is 4. The molecule has 0 unspecified atom stereocenters. The maximum atomic E-state index is 10.1. The Morgan fingerprint density at radius 1 is 0.476 bits per heavy atom. The topological polar surface area (TPSA) is 57.4 Å². The Balaban J connectivity index is 1.54. The zero-order valence-electron chi connectivity index (χ0n) is 22.5. The molecule has 0 amide bonds. The van der Waals surface area contributed by atoms with Gasteiger partial charge in [-0.3, -0.25) is 0 Å². The zero-order valence-corrected chi connectivity index (χ0v) is 22.5. The summed E-state index contributed by atoms with van der Waals surface area (Å²) in [6, 6.07) is 50.3. The molecule has 8 aromatic rings. The van der Waals surface area contributed by atoms with Crippen molar-refractivity contribution in [2.75, 3.05) is 0 Å². The van der Waals surface area contributed by atoms with Crippen LogP contribution in [0.3, 0.4) is 0 Å². The molecule has 0 N–H and O–H groups in total. The number of hydrogen-bond donors (Lipinski definition) is 0. The molecule has 8 rings (SSSR count). The first-order valence-electron chi connectivity index (χ1n) is 13.8. The molecule has 0 atom stereocenters. The molecule has 0 bridgehead atoms. The van der Waals surface area contributed by atoms with Crippen LogP contribution < -0.4 is 0 Å². The van der Waals surface area contributed by atoms with Gasteiger partial charge in [0.25, 0.3) is 0 Å². The minimum Gasteiger partial charge on any atom is -0.309 e. The van der Waals surface area contributed by atoms with Crippen LogP contribution in [0.2, 0.25) is 0 Å². The van der Waals surface area contributed by atoms with E-state index in [4.69, 9.17) is 0 Å². The second-order valence-electron chi connectivity index (χ2n) is 10.4. The SMILES string of the molecule is N#Cc1ccc(-n2c3ccccc3c3c2ccc2c4ccccc4n(-c4cccc(-c5ccccc5)c4)c23)c(C#N)c1. The van der Waals surface area contributed by atoms with Crippen LogP contribution in [0, 0.1) is 22.7 Å². The standard InChI is InChI=1S/C38H22N4/c39-23-25-17-19-33(28(21-25)24-40)42-35-16-7-5-14-32(35)37-36(42)20-18-31-30-13-4-6-15-34(30)41(38(31)37)29-12-8-11-27(22-29)26-9-2-1-3-10-26/h1-22H. The molecule has 0 saturated heterocycles. The Labute approximate surface area is 242 Å². The monoisotopic (exact) mass is 534 g/mol. The smallest absolute Gasteiger partial charge is 0.101 e. The Morgan fingerprint density at radius 3 is 1.98 bits per heavy atom. The van der Waals surface area contributed by atoms with Crippen molar-refractivity contribution >= 4 is 43.6 Å². The van der Waals surface area contributed by atoms with Crippen molar-refractivity contribution in [3.63, 3.8) is 0 Å². The van der Waals surface area contributed by atoms with Crippen LogP contribution in [-0.4, -0.2) is 9.13 Å². The maximum absolute atomic E-state index is 10.1. The van der Waals surface area contributed by atoms with Crippen LogP contribution >= 0.6 is 0 Å². The molecule has 0 radical (unpaired) electrons. The molecular weight excluding hydrogens is 512 g/mol.